The van der Waals surface area contributed by atoms with Crippen LogP contribution in [0.5, 0.6) is 0 Å². The minimum atomic E-state index is 0.177. The van der Waals surface area contributed by atoms with Gasteiger partial charge in [-0.05, 0) is 66.9 Å². The van der Waals surface area contributed by atoms with Gasteiger partial charge in [-0.25, -0.2) is 19.9 Å². The van der Waals surface area contributed by atoms with E-state index in [0.717, 1.165) is 54.8 Å². The molecule has 0 amide bonds. The van der Waals surface area contributed by atoms with E-state index in [2.05, 4.69) is 55.5 Å². The second-order valence-corrected chi connectivity index (χ2v) is 9.76. The Balaban J connectivity index is 1.19. The van der Waals surface area contributed by atoms with Gasteiger partial charge in [-0.2, -0.15) is 10.5 Å². The van der Waals surface area contributed by atoms with E-state index >= 15 is 0 Å². The Hall–Kier alpha value is -5.32. The number of nitriles is 2. The number of nitrogen functional groups attached to an aromatic ring is 1. The number of pyridine rings is 1. The molecule has 5 aromatic rings. The van der Waals surface area contributed by atoms with Crippen LogP contribution in [-0.4, -0.2) is 48.5 Å². The first-order valence-electron chi connectivity index (χ1n) is 13.1. The van der Waals surface area contributed by atoms with Crippen molar-refractivity contribution in [3.8, 4) is 29.2 Å². The zero-order valence-electron chi connectivity index (χ0n) is 21.7. The van der Waals surface area contributed by atoms with Crippen LogP contribution in [-0.2, 0) is 6.54 Å². The quantitative estimate of drug-likeness (QED) is 0.331. The number of fused-ring (bicyclic) bond motifs is 1. The fourth-order valence-corrected chi connectivity index (χ4v) is 5.14. The van der Waals surface area contributed by atoms with E-state index in [1.807, 2.05) is 34.9 Å². The Morgan fingerprint density at radius 2 is 1.75 bits per heavy atom. The first kappa shape index (κ1) is 25.0. The Morgan fingerprint density at radius 1 is 0.925 bits per heavy atom. The smallest absolute Gasteiger partial charge is 0.234 e. The monoisotopic (exact) mass is 526 g/mol. The summed E-state index contributed by atoms with van der Waals surface area (Å²) in [6.07, 6.45) is 5.24. The zero-order valence-corrected chi connectivity index (χ0v) is 21.7. The fraction of sp³-hybridized carbons (Fsp3) is 0.200. The lowest BCUT2D eigenvalue weighted by Crippen LogP contribution is -2.38. The molecule has 1 aliphatic rings. The fourth-order valence-electron chi connectivity index (χ4n) is 5.14. The first-order chi connectivity index (χ1) is 19.6. The zero-order chi connectivity index (χ0) is 27.5. The molecule has 0 radical (unpaired) electrons. The molecule has 10 heteroatoms. The number of rotatable bonds is 6. The van der Waals surface area contributed by atoms with E-state index in [1.165, 1.54) is 5.56 Å². The van der Waals surface area contributed by atoms with Crippen LogP contribution in [0.2, 0.25) is 0 Å². The van der Waals surface area contributed by atoms with Crippen molar-refractivity contribution in [1.82, 2.24) is 29.4 Å². The van der Waals surface area contributed by atoms with Crippen molar-refractivity contribution in [2.45, 2.75) is 25.4 Å². The number of nitrogens with zero attached hydrogens (tertiary/aromatic N) is 8. The van der Waals surface area contributed by atoms with Gasteiger partial charge in [0.05, 0.1) is 28.2 Å². The van der Waals surface area contributed by atoms with Gasteiger partial charge in [0.1, 0.15) is 23.5 Å². The first-order valence-corrected chi connectivity index (χ1v) is 13.1. The highest BCUT2D eigenvalue weighted by molar-refractivity contribution is 5.86. The molecule has 2 aromatic carbocycles. The number of nitrogens with two attached hydrogens (primary N) is 1. The van der Waals surface area contributed by atoms with Crippen LogP contribution in [0, 0.1) is 22.7 Å². The summed E-state index contributed by atoms with van der Waals surface area (Å²) in [6, 6.07) is 24.0. The number of likely N-dealkylation sites (tertiary alicyclic amines) is 1. The maximum Gasteiger partial charge on any atom is 0.234 e. The average Bonchev–Trinajstić information content (AvgIpc) is 3.37. The lowest BCUT2D eigenvalue weighted by atomic mass is 10.0. The van der Waals surface area contributed by atoms with Crippen molar-refractivity contribution in [2.24, 2.45) is 0 Å². The Bertz CT molecular complexity index is 1750. The van der Waals surface area contributed by atoms with Gasteiger partial charge in [0.2, 0.25) is 5.82 Å². The van der Waals surface area contributed by atoms with E-state index in [0.29, 0.717) is 29.1 Å². The third kappa shape index (κ3) is 5.04. The molecule has 10 nitrogen and oxygen atoms in total. The molecule has 0 atom stereocenters. The molecule has 4 heterocycles. The number of piperidine rings is 1. The van der Waals surface area contributed by atoms with Gasteiger partial charge in [-0.1, -0.05) is 12.1 Å². The van der Waals surface area contributed by atoms with Gasteiger partial charge in [-0.15, -0.1) is 0 Å². The average molecular weight is 527 g/mol. The third-order valence-electron chi connectivity index (χ3n) is 7.16. The van der Waals surface area contributed by atoms with E-state index in [-0.39, 0.29) is 5.82 Å². The number of benzene rings is 2. The molecular formula is C30H26N10. The largest absolute Gasteiger partial charge is 0.383 e. The van der Waals surface area contributed by atoms with Crippen molar-refractivity contribution < 1.29 is 0 Å². The SMILES string of the molecule is N#Cc1ccc2nc(-c3cccnc3N)n(-c3ccc(CN4CCC(Nc5ccnc(C#N)n5)CC4)cc3)c2c1. The van der Waals surface area contributed by atoms with Gasteiger partial charge in [0.15, 0.2) is 0 Å². The molecule has 40 heavy (non-hydrogen) atoms. The summed E-state index contributed by atoms with van der Waals surface area (Å²) in [5.41, 5.74) is 11.3. The lowest BCUT2D eigenvalue weighted by molar-refractivity contribution is 0.211. The number of nitrogens with one attached hydrogen (secondary N) is 1. The van der Waals surface area contributed by atoms with Crippen LogP contribution >= 0.6 is 0 Å². The molecular weight excluding hydrogens is 500 g/mol. The Kier molecular flexibility index (Phi) is 6.75. The summed E-state index contributed by atoms with van der Waals surface area (Å²) >= 11 is 0. The summed E-state index contributed by atoms with van der Waals surface area (Å²) in [6.45, 7) is 2.77. The topological polar surface area (TPSA) is 145 Å². The summed E-state index contributed by atoms with van der Waals surface area (Å²) < 4.78 is 2.04. The van der Waals surface area contributed by atoms with Crippen LogP contribution in [0.15, 0.2) is 73.1 Å². The number of aromatic nitrogens is 5. The summed E-state index contributed by atoms with van der Waals surface area (Å²) in [5.74, 6) is 1.96. The standard InChI is InChI=1S/C30H26N10/c31-17-21-5-8-25-26(16-21)40(30(37-25)24-2-1-12-35-29(24)33)23-6-3-20(4-7-23)19-39-14-10-22(11-15-39)36-27-9-13-34-28(18-32)38-27/h1-9,12-13,16,22H,10-11,14-15,19H2,(H2,33,35)(H,34,36,38). The second-order valence-electron chi connectivity index (χ2n) is 9.76. The second kappa shape index (κ2) is 10.8. The molecule has 6 rings (SSSR count). The Morgan fingerprint density at radius 3 is 2.50 bits per heavy atom. The molecule has 0 bridgehead atoms. The highest BCUT2D eigenvalue weighted by Crippen LogP contribution is 2.31. The lowest BCUT2D eigenvalue weighted by Gasteiger charge is -2.32. The predicted octanol–water partition coefficient (Wildman–Crippen LogP) is 4.28. The van der Waals surface area contributed by atoms with Crippen LogP contribution in [0.1, 0.15) is 29.8 Å². The summed E-state index contributed by atoms with van der Waals surface area (Å²) in [5, 5.41) is 22.0. The number of hydrogen-bond acceptors (Lipinski definition) is 9. The molecule has 0 spiro atoms. The van der Waals surface area contributed by atoms with Crippen molar-refractivity contribution in [2.75, 3.05) is 24.1 Å². The van der Waals surface area contributed by atoms with Crippen LogP contribution < -0.4 is 11.1 Å². The summed E-state index contributed by atoms with van der Waals surface area (Å²) in [7, 11) is 0. The van der Waals surface area contributed by atoms with E-state index in [1.54, 1.807) is 24.5 Å². The molecule has 3 aromatic heterocycles. The molecule has 1 fully saturated rings. The van der Waals surface area contributed by atoms with Crippen LogP contribution in [0.3, 0.4) is 0 Å². The van der Waals surface area contributed by atoms with Gasteiger partial charge in [0.25, 0.3) is 0 Å². The summed E-state index contributed by atoms with van der Waals surface area (Å²) in [4.78, 5) is 19.7. The normalized spacial score (nSPS) is 14.1. The number of hydrogen-bond donors (Lipinski definition) is 2. The minimum Gasteiger partial charge on any atom is -0.383 e. The van der Waals surface area contributed by atoms with Crippen molar-refractivity contribution in [1.29, 1.82) is 10.5 Å². The maximum absolute atomic E-state index is 9.49. The van der Waals surface area contributed by atoms with Gasteiger partial charge in [0, 0.05) is 43.8 Å². The van der Waals surface area contributed by atoms with Gasteiger partial charge >= 0.3 is 0 Å². The minimum absolute atomic E-state index is 0.177. The predicted molar refractivity (Wildman–Crippen MR) is 152 cm³/mol. The molecule has 0 aliphatic carbocycles. The number of anilines is 2. The van der Waals surface area contributed by atoms with E-state index < -0.39 is 0 Å². The molecule has 0 saturated carbocycles. The highest BCUT2D eigenvalue weighted by Gasteiger charge is 2.21. The molecule has 1 saturated heterocycles. The maximum atomic E-state index is 9.49. The molecule has 196 valence electrons. The highest BCUT2D eigenvalue weighted by atomic mass is 15.2. The van der Waals surface area contributed by atoms with Gasteiger partial charge in [-0.3, -0.25) is 9.47 Å². The third-order valence-corrected chi connectivity index (χ3v) is 7.16. The van der Waals surface area contributed by atoms with E-state index in [4.69, 9.17) is 16.0 Å². The molecule has 1 aliphatic heterocycles. The van der Waals surface area contributed by atoms with Crippen molar-refractivity contribution in [3.05, 3.63) is 90.0 Å². The van der Waals surface area contributed by atoms with Crippen LogP contribution in [0.4, 0.5) is 11.6 Å². The molecule has 3 N–H and O–H groups in total. The van der Waals surface area contributed by atoms with E-state index in [9.17, 15) is 5.26 Å². The van der Waals surface area contributed by atoms with Gasteiger partial charge < -0.3 is 11.1 Å². The number of imidazole rings is 1. The van der Waals surface area contributed by atoms with Crippen LogP contribution in [0.25, 0.3) is 28.1 Å². The van der Waals surface area contributed by atoms with Crippen molar-refractivity contribution >= 4 is 22.7 Å². The Labute approximate surface area is 231 Å². The van der Waals surface area contributed by atoms with Crippen molar-refractivity contribution in [3.63, 3.8) is 0 Å². The molecule has 0 unspecified atom stereocenters.